The van der Waals surface area contributed by atoms with Crippen molar-refractivity contribution in [3.05, 3.63) is 64.7 Å². The van der Waals surface area contributed by atoms with Gasteiger partial charge in [0.15, 0.2) is 0 Å². The van der Waals surface area contributed by atoms with Crippen LogP contribution in [-0.2, 0) is 11.2 Å². The molecule has 1 fully saturated rings. The van der Waals surface area contributed by atoms with Crippen LogP contribution in [0.3, 0.4) is 0 Å². The number of benzene rings is 2. The Kier molecular flexibility index (Phi) is 6.06. The van der Waals surface area contributed by atoms with Crippen molar-refractivity contribution in [2.45, 2.75) is 19.1 Å². The van der Waals surface area contributed by atoms with E-state index >= 15 is 0 Å². The largest absolute Gasteiger partial charge is 0.435 e. The first-order chi connectivity index (χ1) is 12.5. The maximum atomic E-state index is 12.8. The lowest BCUT2D eigenvalue weighted by atomic mass is 10.0. The van der Waals surface area contributed by atoms with Crippen molar-refractivity contribution >= 4 is 17.5 Å². The SMILES string of the molecule is O=C(Cc1ccc(OC(F)F)cc1)N1CCNCC1c1cccc(Cl)c1. The number of rotatable bonds is 5. The molecule has 26 heavy (non-hydrogen) atoms. The van der Waals surface area contributed by atoms with E-state index in [0.717, 1.165) is 17.7 Å². The third kappa shape index (κ3) is 4.71. The van der Waals surface area contributed by atoms with E-state index in [1.165, 1.54) is 12.1 Å². The summed E-state index contributed by atoms with van der Waals surface area (Å²) in [7, 11) is 0. The third-order valence-corrected chi connectivity index (χ3v) is 4.54. The molecule has 4 nitrogen and oxygen atoms in total. The summed E-state index contributed by atoms with van der Waals surface area (Å²) >= 11 is 6.08. The van der Waals surface area contributed by atoms with Gasteiger partial charge in [0, 0.05) is 24.7 Å². The van der Waals surface area contributed by atoms with Gasteiger partial charge in [0.1, 0.15) is 5.75 Å². The molecule has 1 heterocycles. The summed E-state index contributed by atoms with van der Waals surface area (Å²) in [6.07, 6.45) is 0.200. The Hall–Kier alpha value is -2.18. The molecule has 138 valence electrons. The van der Waals surface area contributed by atoms with Crippen molar-refractivity contribution in [2.24, 2.45) is 0 Å². The van der Waals surface area contributed by atoms with Crippen molar-refractivity contribution in [3.8, 4) is 5.75 Å². The summed E-state index contributed by atoms with van der Waals surface area (Å²) in [5.74, 6) is 0.0641. The average Bonchev–Trinajstić information content (AvgIpc) is 2.63. The van der Waals surface area contributed by atoms with Gasteiger partial charge in [0.2, 0.25) is 5.91 Å². The van der Waals surface area contributed by atoms with Gasteiger partial charge in [-0.25, -0.2) is 0 Å². The van der Waals surface area contributed by atoms with E-state index in [2.05, 4.69) is 10.1 Å². The fourth-order valence-corrected chi connectivity index (χ4v) is 3.28. The molecule has 1 aliphatic heterocycles. The predicted molar refractivity (Wildman–Crippen MR) is 95.6 cm³/mol. The lowest BCUT2D eigenvalue weighted by Crippen LogP contribution is -2.49. The van der Waals surface area contributed by atoms with Gasteiger partial charge in [0.25, 0.3) is 0 Å². The molecule has 2 aromatic rings. The van der Waals surface area contributed by atoms with Crippen molar-refractivity contribution in [3.63, 3.8) is 0 Å². The van der Waals surface area contributed by atoms with Crippen LogP contribution < -0.4 is 10.1 Å². The van der Waals surface area contributed by atoms with Crippen molar-refractivity contribution in [1.82, 2.24) is 10.2 Å². The quantitative estimate of drug-likeness (QED) is 0.860. The molecule has 1 saturated heterocycles. The van der Waals surface area contributed by atoms with E-state index in [1.54, 1.807) is 18.2 Å². The number of piperazine rings is 1. The maximum Gasteiger partial charge on any atom is 0.387 e. The van der Waals surface area contributed by atoms with E-state index in [1.807, 2.05) is 23.1 Å². The zero-order valence-electron chi connectivity index (χ0n) is 14.0. The highest BCUT2D eigenvalue weighted by Gasteiger charge is 2.27. The Morgan fingerprint density at radius 1 is 1.27 bits per heavy atom. The summed E-state index contributed by atoms with van der Waals surface area (Å²) in [4.78, 5) is 14.7. The van der Waals surface area contributed by atoms with Crippen LogP contribution in [0.5, 0.6) is 5.75 Å². The molecule has 2 aromatic carbocycles. The molecular formula is C19H19ClF2N2O2. The van der Waals surface area contributed by atoms with Crippen LogP contribution in [0, 0.1) is 0 Å². The molecule has 1 amide bonds. The second kappa shape index (κ2) is 8.47. The first-order valence-corrected chi connectivity index (χ1v) is 8.70. The average molecular weight is 381 g/mol. The highest BCUT2D eigenvalue weighted by atomic mass is 35.5. The van der Waals surface area contributed by atoms with Gasteiger partial charge >= 0.3 is 6.61 Å². The van der Waals surface area contributed by atoms with Crippen LogP contribution in [0.4, 0.5) is 8.78 Å². The van der Waals surface area contributed by atoms with Crippen LogP contribution in [-0.4, -0.2) is 37.1 Å². The molecule has 1 N–H and O–H groups in total. The minimum absolute atomic E-state index is 0.0148. The summed E-state index contributed by atoms with van der Waals surface area (Å²) in [6, 6.07) is 13.6. The molecule has 1 aliphatic rings. The number of ether oxygens (including phenoxy) is 1. The van der Waals surface area contributed by atoms with Crippen molar-refractivity contribution in [2.75, 3.05) is 19.6 Å². The number of hydrogen-bond acceptors (Lipinski definition) is 3. The van der Waals surface area contributed by atoms with Gasteiger partial charge in [-0.2, -0.15) is 8.78 Å². The van der Waals surface area contributed by atoms with Crippen LogP contribution >= 0.6 is 11.6 Å². The molecule has 3 rings (SSSR count). The van der Waals surface area contributed by atoms with Gasteiger partial charge in [-0.15, -0.1) is 0 Å². The summed E-state index contributed by atoms with van der Waals surface area (Å²) in [5, 5.41) is 3.94. The second-order valence-electron chi connectivity index (χ2n) is 6.06. The molecule has 7 heteroatoms. The fraction of sp³-hybridized carbons (Fsp3) is 0.316. The standard InChI is InChI=1S/C19H19ClF2N2O2/c20-15-3-1-2-14(11-15)17-12-23-8-9-24(17)18(25)10-13-4-6-16(7-5-13)26-19(21)22/h1-7,11,17,19,23H,8-10,12H2. The Bertz CT molecular complexity index is 755. The molecule has 1 unspecified atom stereocenters. The minimum atomic E-state index is -2.86. The lowest BCUT2D eigenvalue weighted by Gasteiger charge is -2.36. The monoisotopic (exact) mass is 380 g/mol. The number of amides is 1. The zero-order valence-corrected chi connectivity index (χ0v) is 14.8. The Labute approximate surface area is 155 Å². The first-order valence-electron chi connectivity index (χ1n) is 8.32. The number of hydrogen-bond donors (Lipinski definition) is 1. The summed E-state index contributed by atoms with van der Waals surface area (Å²) < 4.78 is 28.7. The van der Waals surface area contributed by atoms with Gasteiger partial charge in [-0.05, 0) is 35.4 Å². The Morgan fingerprint density at radius 3 is 2.73 bits per heavy atom. The molecule has 0 radical (unpaired) electrons. The van der Waals surface area contributed by atoms with Crippen LogP contribution in [0.2, 0.25) is 5.02 Å². The molecular weight excluding hydrogens is 362 g/mol. The van der Waals surface area contributed by atoms with Crippen LogP contribution in [0.15, 0.2) is 48.5 Å². The topological polar surface area (TPSA) is 41.6 Å². The first kappa shape index (κ1) is 18.6. The number of carbonyl (C=O) groups excluding carboxylic acids is 1. The number of nitrogens with one attached hydrogen (secondary N) is 1. The van der Waals surface area contributed by atoms with Crippen LogP contribution in [0.1, 0.15) is 17.2 Å². The number of nitrogens with zero attached hydrogens (tertiary/aromatic N) is 1. The maximum absolute atomic E-state index is 12.8. The highest BCUT2D eigenvalue weighted by molar-refractivity contribution is 6.30. The fourth-order valence-electron chi connectivity index (χ4n) is 3.08. The second-order valence-corrected chi connectivity index (χ2v) is 6.50. The molecule has 0 bridgehead atoms. The molecule has 1 atom stereocenters. The lowest BCUT2D eigenvalue weighted by molar-refractivity contribution is -0.133. The highest BCUT2D eigenvalue weighted by Crippen LogP contribution is 2.25. The Morgan fingerprint density at radius 2 is 2.04 bits per heavy atom. The van der Waals surface area contributed by atoms with Crippen molar-refractivity contribution in [1.29, 1.82) is 0 Å². The van der Waals surface area contributed by atoms with Gasteiger partial charge < -0.3 is 15.0 Å². The van der Waals surface area contributed by atoms with Gasteiger partial charge in [-0.1, -0.05) is 35.9 Å². The summed E-state index contributed by atoms with van der Waals surface area (Å²) in [5.41, 5.74) is 1.73. The van der Waals surface area contributed by atoms with E-state index in [4.69, 9.17) is 11.6 Å². The van der Waals surface area contributed by atoms with Crippen molar-refractivity contribution < 1.29 is 18.3 Å². The zero-order chi connectivity index (χ0) is 18.5. The molecule has 0 aromatic heterocycles. The third-order valence-electron chi connectivity index (χ3n) is 4.30. The van der Waals surface area contributed by atoms with E-state index in [0.29, 0.717) is 18.1 Å². The van der Waals surface area contributed by atoms with Gasteiger partial charge in [0.05, 0.1) is 12.5 Å². The Balaban J connectivity index is 1.70. The van der Waals surface area contributed by atoms with Gasteiger partial charge in [-0.3, -0.25) is 4.79 Å². The molecule has 0 spiro atoms. The number of halogens is 3. The molecule has 0 aliphatic carbocycles. The van der Waals surface area contributed by atoms with E-state index < -0.39 is 6.61 Å². The normalized spacial score (nSPS) is 17.4. The van der Waals surface area contributed by atoms with E-state index in [-0.39, 0.29) is 24.1 Å². The van der Waals surface area contributed by atoms with E-state index in [9.17, 15) is 13.6 Å². The predicted octanol–water partition coefficient (Wildman–Crippen LogP) is 3.66. The number of alkyl halides is 2. The number of carbonyl (C=O) groups is 1. The summed E-state index contributed by atoms with van der Waals surface area (Å²) in [6.45, 7) is -0.874. The molecule has 0 saturated carbocycles. The minimum Gasteiger partial charge on any atom is -0.435 e. The van der Waals surface area contributed by atoms with Crippen LogP contribution in [0.25, 0.3) is 0 Å². The smallest absolute Gasteiger partial charge is 0.387 e.